The van der Waals surface area contributed by atoms with Gasteiger partial charge in [-0.3, -0.25) is 0 Å². The molecule has 2 nitrogen and oxygen atoms in total. The zero-order valence-corrected chi connectivity index (χ0v) is 13.2. The van der Waals surface area contributed by atoms with Crippen molar-refractivity contribution < 1.29 is 0 Å². The third-order valence-corrected chi connectivity index (χ3v) is 5.04. The molecule has 1 aliphatic heterocycles. The molecule has 1 aromatic rings. The Bertz CT molecular complexity index is 483. The van der Waals surface area contributed by atoms with Crippen molar-refractivity contribution >= 4 is 34.5 Å². The summed E-state index contributed by atoms with van der Waals surface area (Å²) < 4.78 is 0. The topological polar surface area (TPSA) is 29.3 Å². The van der Waals surface area contributed by atoms with Gasteiger partial charge in [-0.25, -0.2) is 0 Å². The fourth-order valence-corrected chi connectivity index (χ4v) is 3.53. The average Bonchev–Trinajstić information content (AvgIpc) is 2.83. The highest BCUT2D eigenvalue weighted by atomic mass is 35.5. The van der Waals surface area contributed by atoms with E-state index in [9.17, 15) is 0 Å². The number of thiocarbonyl (C=S) groups is 1. The average molecular weight is 297 g/mol. The predicted octanol–water partition coefficient (Wildman–Crippen LogP) is 3.99. The molecule has 0 aromatic heterocycles. The Kier molecular flexibility index (Phi) is 4.36. The monoisotopic (exact) mass is 296 g/mol. The van der Waals surface area contributed by atoms with Crippen molar-refractivity contribution in [2.45, 2.75) is 33.1 Å². The molecule has 0 atom stereocenters. The van der Waals surface area contributed by atoms with E-state index in [1.807, 2.05) is 12.1 Å². The Morgan fingerprint density at radius 3 is 2.63 bits per heavy atom. The third kappa shape index (κ3) is 2.72. The van der Waals surface area contributed by atoms with Crippen LogP contribution in [0.4, 0.5) is 5.69 Å². The molecular formula is C15H21ClN2S. The van der Waals surface area contributed by atoms with Crippen LogP contribution in [0.1, 0.15) is 38.7 Å². The van der Waals surface area contributed by atoms with Gasteiger partial charge in [-0.2, -0.15) is 0 Å². The molecule has 1 heterocycles. The standard InChI is InChI=1S/C15H21ClN2S/c1-3-15(4-2)8-9-18(10-15)12-7-5-6-11(16)13(12)14(17)19/h5-7H,3-4,8-10H2,1-2H3,(H2,17,19). The first-order valence-corrected chi connectivity index (χ1v) is 7.65. The molecule has 0 saturated carbocycles. The van der Waals surface area contributed by atoms with E-state index in [-0.39, 0.29) is 0 Å². The van der Waals surface area contributed by atoms with Crippen molar-refractivity contribution in [2.75, 3.05) is 18.0 Å². The molecule has 2 rings (SSSR count). The molecule has 1 saturated heterocycles. The molecule has 4 heteroatoms. The third-order valence-electron chi connectivity index (χ3n) is 4.52. The van der Waals surface area contributed by atoms with E-state index in [2.05, 4.69) is 24.8 Å². The Hall–Kier alpha value is -0.800. The first kappa shape index (κ1) is 14.6. The number of hydrogen-bond donors (Lipinski definition) is 1. The molecule has 1 fully saturated rings. The van der Waals surface area contributed by atoms with E-state index in [0.29, 0.717) is 15.4 Å². The second kappa shape index (κ2) is 5.68. The fourth-order valence-electron chi connectivity index (χ4n) is 2.99. The fraction of sp³-hybridized carbons (Fsp3) is 0.533. The largest absolute Gasteiger partial charge is 0.389 e. The maximum Gasteiger partial charge on any atom is 0.107 e. The Morgan fingerprint density at radius 1 is 1.42 bits per heavy atom. The Morgan fingerprint density at radius 2 is 2.11 bits per heavy atom. The highest BCUT2D eigenvalue weighted by Crippen LogP contribution is 2.40. The summed E-state index contributed by atoms with van der Waals surface area (Å²) in [5.41, 5.74) is 8.17. The summed E-state index contributed by atoms with van der Waals surface area (Å²) in [4.78, 5) is 2.76. The van der Waals surface area contributed by atoms with Crippen LogP contribution < -0.4 is 10.6 Å². The van der Waals surface area contributed by atoms with Gasteiger partial charge in [-0.05, 0) is 36.8 Å². The van der Waals surface area contributed by atoms with Crippen LogP contribution in [0.3, 0.4) is 0 Å². The number of hydrogen-bond acceptors (Lipinski definition) is 2. The van der Waals surface area contributed by atoms with Gasteiger partial charge in [-0.15, -0.1) is 0 Å². The summed E-state index contributed by atoms with van der Waals surface area (Å²) in [5, 5.41) is 0.649. The van der Waals surface area contributed by atoms with Crippen LogP contribution in [-0.2, 0) is 0 Å². The van der Waals surface area contributed by atoms with Crippen molar-refractivity contribution in [2.24, 2.45) is 11.1 Å². The van der Waals surface area contributed by atoms with Crippen LogP contribution in [0.25, 0.3) is 0 Å². The zero-order chi connectivity index (χ0) is 14.0. The van der Waals surface area contributed by atoms with E-state index >= 15 is 0 Å². The van der Waals surface area contributed by atoms with Gasteiger partial charge in [0.1, 0.15) is 4.99 Å². The van der Waals surface area contributed by atoms with Crippen LogP contribution in [0.15, 0.2) is 18.2 Å². The molecule has 104 valence electrons. The predicted molar refractivity (Wildman–Crippen MR) is 87.2 cm³/mol. The van der Waals surface area contributed by atoms with Crippen LogP contribution in [0.2, 0.25) is 5.02 Å². The Labute approximate surface area is 125 Å². The minimum absolute atomic E-state index is 0.381. The quantitative estimate of drug-likeness (QED) is 0.852. The van der Waals surface area contributed by atoms with Crippen molar-refractivity contribution in [1.29, 1.82) is 0 Å². The summed E-state index contributed by atoms with van der Waals surface area (Å²) in [6.45, 7) is 6.67. The number of anilines is 1. The lowest BCUT2D eigenvalue weighted by molar-refractivity contribution is 0.301. The SMILES string of the molecule is CCC1(CC)CCN(c2cccc(Cl)c2C(N)=S)C1. The lowest BCUT2D eigenvalue weighted by Crippen LogP contribution is -2.28. The number of benzene rings is 1. The van der Waals surface area contributed by atoms with E-state index in [1.165, 1.54) is 19.3 Å². The Balaban J connectivity index is 2.34. The van der Waals surface area contributed by atoms with E-state index in [0.717, 1.165) is 24.3 Å². The van der Waals surface area contributed by atoms with Gasteiger partial charge in [0, 0.05) is 18.8 Å². The summed E-state index contributed by atoms with van der Waals surface area (Å²) >= 11 is 11.4. The molecule has 0 aliphatic carbocycles. The second-order valence-electron chi connectivity index (χ2n) is 5.38. The molecule has 0 bridgehead atoms. The molecule has 0 spiro atoms. The van der Waals surface area contributed by atoms with Crippen LogP contribution in [0, 0.1) is 5.41 Å². The molecular weight excluding hydrogens is 276 g/mol. The molecule has 0 radical (unpaired) electrons. The molecule has 0 unspecified atom stereocenters. The molecule has 19 heavy (non-hydrogen) atoms. The maximum atomic E-state index is 6.25. The first-order valence-electron chi connectivity index (χ1n) is 6.86. The number of rotatable bonds is 4. The smallest absolute Gasteiger partial charge is 0.107 e. The van der Waals surface area contributed by atoms with Crippen LogP contribution in [0.5, 0.6) is 0 Å². The lowest BCUT2D eigenvalue weighted by atomic mass is 9.82. The van der Waals surface area contributed by atoms with Crippen LogP contribution >= 0.6 is 23.8 Å². The maximum absolute atomic E-state index is 6.25. The highest BCUT2D eigenvalue weighted by molar-refractivity contribution is 7.80. The number of nitrogens with two attached hydrogens (primary N) is 1. The van der Waals surface area contributed by atoms with E-state index in [1.54, 1.807) is 0 Å². The minimum atomic E-state index is 0.381. The molecule has 0 amide bonds. The minimum Gasteiger partial charge on any atom is -0.389 e. The first-order chi connectivity index (χ1) is 9.03. The van der Waals surface area contributed by atoms with Gasteiger partial charge in [0.15, 0.2) is 0 Å². The van der Waals surface area contributed by atoms with Crippen molar-refractivity contribution in [3.8, 4) is 0 Å². The van der Waals surface area contributed by atoms with E-state index < -0.39 is 0 Å². The summed E-state index contributed by atoms with van der Waals surface area (Å²) in [6.07, 6.45) is 3.65. The lowest BCUT2D eigenvalue weighted by Gasteiger charge is -2.28. The second-order valence-corrected chi connectivity index (χ2v) is 6.22. The molecule has 1 aliphatic rings. The molecule has 1 aromatic carbocycles. The summed E-state index contributed by atoms with van der Waals surface area (Å²) in [6, 6.07) is 5.89. The van der Waals surface area contributed by atoms with Gasteiger partial charge in [0.05, 0.1) is 10.6 Å². The highest BCUT2D eigenvalue weighted by Gasteiger charge is 2.35. The summed E-state index contributed by atoms with van der Waals surface area (Å²) in [5.74, 6) is 0. The van der Waals surface area contributed by atoms with Gasteiger partial charge < -0.3 is 10.6 Å². The van der Waals surface area contributed by atoms with Crippen molar-refractivity contribution in [3.05, 3.63) is 28.8 Å². The number of halogens is 1. The molecule has 2 N–H and O–H groups in total. The van der Waals surface area contributed by atoms with Gasteiger partial charge >= 0.3 is 0 Å². The van der Waals surface area contributed by atoms with Gasteiger partial charge in [0.2, 0.25) is 0 Å². The normalized spacial score (nSPS) is 17.7. The van der Waals surface area contributed by atoms with Gasteiger partial charge in [0.25, 0.3) is 0 Å². The zero-order valence-electron chi connectivity index (χ0n) is 11.6. The van der Waals surface area contributed by atoms with E-state index in [4.69, 9.17) is 29.6 Å². The van der Waals surface area contributed by atoms with Gasteiger partial charge in [-0.1, -0.05) is 43.7 Å². The van der Waals surface area contributed by atoms with Crippen molar-refractivity contribution in [1.82, 2.24) is 0 Å². The van der Waals surface area contributed by atoms with Crippen molar-refractivity contribution in [3.63, 3.8) is 0 Å². The number of nitrogens with zero attached hydrogens (tertiary/aromatic N) is 1. The summed E-state index contributed by atoms with van der Waals surface area (Å²) in [7, 11) is 0. The van der Waals surface area contributed by atoms with Crippen LogP contribution in [-0.4, -0.2) is 18.1 Å².